The van der Waals surface area contributed by atoms with Gasteiger partial charge >= 0.3 is 5.97 Å². The fourth-order valence-electron chi connectivity index (χ4n) is 2.24. The molecule has 2 amide bonds. The molecule has 1 aromatic carbocycles. The van der Waals surface area contributed by atoms with E-state index in [4.69, 9.17) is 5.11 Å². The number of carbonyl (C=O) groups excluding carboxylic acids is 2. The molecule has 1 aliphatic carbocycles. The fourth-order valence-corrected chi connectivity index (χ4v) is 2.24. The Kier molecular flexibility index (Phi) is 5.67. The van der Waals surface area contributed by atoms with Crippen LogP contribution >= 0.6 is 0 Å². The van der Waals surface area contributed by atoms with Crippen molar-refractivity contribution < 1.29 is 23.9 Å². The molecular weight excluding hydrogens is 303 g/mol. The van der Waals surface area contributed by atoms with Crippen LogP contribution in [0.15, 0.2) is 24.3 Å². The number of benzene rings is 1. The number of halogens is 1. The van der Waals surface area contributed by atoms with E-state index in [1.54, 1.807) is 0 Å². The zero-order valence-electron chi connectivity index (χ0n) is 12.6. The fraction of sp³-hybridized carbons (Fsp3) is 0.438. The average Bonchev–Trinajstić information content (AvgIpc) is 3.34. The Hall–Kier alpha value is -2.44. The first-order valence-corrected chi connectivity index (χ1v) is 7.52. The van der Waals surface area contributed by atoms with E-state index in [0.717, 1.165) is 12.8 Å². The Balaban J connectivity index is 1.71. The molecule has 1 saturated carbocycles. The zero-order valence-corrected chi connectivity index (χ0v) is 12.6. The Morgan fingerprint density at radius 1 is 1.22 bits per heavy atom. The molecule has 0 bridgehead atoms. The third kappa shape index (κ3) is 5.36. The number of carboxylic acids is 1. The lowest BCUT2D eigenvalue weighted by molar-refractivity contribution is -0.144. The van der Waals surface area contributed by atoms with Crippen LogP contribution in [0.3, 0.4) is 0 Å². The molecule has 1 aliphatic rings. The van der Waals surface area contributed by atoms with Gasteiger partial charge in [0.25, 0.3) is 5.91 Å². The predicted molar refractivity (Wildman–Crippen MR) is 80.3 cm³/mol. The number of carboxylic acid groups (broad SMARTS) is 1. The van der Waals surface area contributed by atoms with Crippen LogP contribution in [0.1, 0.15) is 36.0 Å². The van der Waals surface area contributed by atoms with E-state index < -0.39 is 11.8 Å². The smallest absolute Gasteiger partial charge is 0.323 e. The Labute approximate surface area is 133 Å². The quantitative estimate of drug-likeness (QED) is 0.709. The van der Waals surface area contributed by atoms with Gasteiger partial charge in [-0.15, -0.1) is 0 Å². The molecule has 2 N–H and O–H groups in total. The third-order valence-electron chi connectivity index (χ3n) is 3.57. The second-order valence-electron chi connectivity index (χ2n) is 5.51. The molecule has 1 aromatic rings. The largest absolute Gasteiger partial charge is 0.480 e. The topological polar surface area (TPSA) is 86.7 Å². The molecule has 0 aromatic heterocycles. The summed E-state index contributed by atoms with van der Waals surface area (Å²) in [5.74, 6) is -1.96. The maximum Gasteiger partial charge on any atom is 0.323 e. The second kappa shape index (κ2) is 7.71. The molecule has 0 unspecified atom stereocenters. The predicted octanol–water partition coefficient (Wildman–Crippen LogP) is 1.41. The molecule has 0 atom stereocenters. The van der Waals surface area contributed by atoms with Crippen molar-refractivity contribution in [2.45, 2.75) is 31.7 Å². The number of carbonyl (C=O) groups is 3. The van der Waals surface area contributed by atoms with Gasteiger partial charge in [-0.3, -0.25) is 14.4 Å². The van der Waals surface area contributed by atoms with Gasteiger partial charge in [0, 0.05) is 24.6 Å². The van der Waals surface area contributed by atoms with E-state index in [0.29, 0.717) is 18.5 Å². The number of amides is 2. The molecule has 0 aliphatic heterocycles. The van der Waals surface area contributed by atoms with Gasteiger partial charge < -0.3 is 15.3 Å². The Morgan fingerprint density at radius 2 is 1.87 bits per heavy atom. The standard InChI is InChI=1S/C16H19FN2O4/c17-12-5-3-11(4-6-12)16(23)18-9-1-2-14(20)19(10-15(21)22)13-7-8-13/h3-6,13H,1-2,7-10H2,(H,18,23)(H,21,22). The van der Waals surface area contributed by atoms with Crippen molar-refractivity contribution >= 4 is 17.8 Å². The molecule has 0 radical (unpaired) electrons. The van der Waals surface area contributed by atoms with Gasteiger partial charge in [0.15, 0.2) is 0 Å². The lowest BCUT2D eigenvalue weighted by atomic mass is 10.2. The first-order chi connectivity index (χ1) is 11.0. The SMILES string of the molecule is O=C(O)CN(C(=O)CCCNC(=O)c1ccc(F)cc1)C1CC1. The molecule has 0 spiro atoms. The van der Waals surface area contributed by atoms with Crippen molar-refractivity contribution in [3.8, 4) is 0 Å². The van der Waals surface area contributed by atoms with Crippen LogP contribution in [-0.2, 0) is 9.59 Å². The normalized spacial score (nSPS) is 13.4. The zero-order chi connectivity index (χ0) is 16.8. The van der Waals surface area contributed by atoms with Crippen LogP contribution in [-0.4, -0.2) is 46.9 Å². The van der Waals surface area contributed by atoms with Gasteiger partial charge in [-0.2, -0.15) is 0 Å². The minimum Gasteiger partial charge on any atom is -0.480 e. The summed E-state index contributed by atoms with van der Waals surface area (Å²) >= 11 is 0. The van der Waals surface area contributed by atoms with Gasteiger partial charge in [0.1, 0.15) is 12.4 Å². The van der Waals surface area contributed by atoms with Crippen molar-refractivity contribution in [1.82, 2.24) is 10.2 Å². The van der Waals surface area contributed by atoms with Crippen LogP contribution < -0.4 is 5.32 Å². The minimum atomic E-state index is -1.02. The summed E-state index contributed by atoms with van der Waals surface area (Å²) in [5.41, 5.74) is 0.350. The summed E-state index contributed by atoms with van der Waals surface area (Å²) in [7, 11) is 0. The van der Waals surface area contributed by atoms with Crippen LogP contribution in [0.4, 0.5) is 4.39 Å². The van der Waals surface area contributed by atoms with Crippen molar-refractivity contribution in [2.24, 2.45) is 0 Å². The van der Waals surface area contributed by atoms with Crippen LogP contribution in [0.2, 0.25) is 0 Å². The first-order valence-electron chi connectivity index (χ1n) is 7.52. The lowest BCUT2D eigenvalue weighted by Gasteiger charge is -2.20. The van der Waals surface area contributed by atoms with Crippen molar-refractivity contribution in [2.75, 3.05) is 13.1 Å². The molecule has 0 saturated heterocycles. The number of aliphatic carboxylic acids is 1. The van der Waals surface area contributed by atoms with E-state index in [-0.39, 0.29) is 30.8 Å². The van der Waals surface area contributed by atoms with Crippen molar-refractivity contribution in [3.05, 3.63) is 35.6 Å². The molecule has 1 fully saturated rings. The molecule has 23 heavy (non-hydrogen) atoms. The summed E-state index contributed by atoms with van der Waals surface area (Å²) in [6, 6.07) is 5.23. The van der Waals surface area contributed by atoms with Gasteiger partial charge in [0.2, 0.25) is 5.91 Å². The minimum absolute atomic E-state index is 0.0485. The van der Waals surface area contributed by atoms with E-state index in [9.17, 15) is 18.8 Å². The Bertz CT molecular complexity index is 584. The summed E-state index contributed by atoms with van der Waals surface area (Å²) in [4.78, 5) is 36.0. The van der Waals surface area contributed by atoms with E-state index >= 15 is 0 Å². The van der Waals surface area contributed by atoms with Gasteiger partial charge in [-0.1, -0.05) is 0 Å². The average molecular weight is 322 g/mol. The highest BCUT2D eigenvalue weighted by Crippen LogP contribution is 2.27. The molecule has 0 heterocycles. The van der Waals surface area contributed by atoms with Crippen molar-refractivity contribution in [1.29, 1.82) is 0 Å². The maximum atomic E-state index is 12.8. The van der Waals surface area contributed by atoms with Crippen LogP contribution in [0, 0.1) is 5.82 Å². The lowest BCUT2D eigenvalue weighted by Crippen LogP contribution is -2.37. The highest BCUT2D eigenvalue weighted by atomic mass is 19.1. The first kappa shape index (κ1) is 16.9. The second-order valence-corrected chi connectivity index (χ2v) is 5.51. The number of hydrogen-bond acceptors (Lipinski definition) is 3. The highest BCUT2D eigenvalue weighted by Gasteiger charge is 2.33. The third-order valence-corrected chi connectivity index (χ3v) is 3.57. The summed E-state index contributed by atoms with van der Waals surface area (Å²) in [6.45, 7) is 0.0268. The molecule has 124 valence electrons. The number of nitrogens with zero attached hydrogens (tertiary/aromatic N) is 1. The maximum absolute atomic E-state index is 12.8. The highest BCUT2D eigenvalue weighted by molar-refractivity contribution is 5.94. The number of nitrogens with one attached hydrogen (secondary N) is 1. The number of rotatable bonds is 8. The van der Waals surface area contributed by atoms with E-state index in [2.05, 4.69) is 5.32 Å². The van der Waals surface area contributed by atoms with E-state index in [1.165, 1.54) is 29.2 Å². The Morgan fingerprint density at radius 3 is 2.43 bits per heavy atom. The summed E-state index contributed by atoms with van der Waals surface area (Å²) in [5, 5.41) is 11.5. The van der Waals surface area contributed by atoms with Crippen molar-refractivity contribution in [3.63, 3.8) is 0 Å². The van der Waals surface area contributed by atoms with Gasteiger partial charge in [-0.25, -0.2) is 4.39 Å². The van der Waals surface area contributed by atoms with E-state index in [1.807, 2.05) is 0 Å². The monoisotopic (exact) mass is 322 g/mol. The molecule has 6 nitrogen and oxygen atoms in total. The summed E-state index contributed by atoms with van der Waals surface area (Å²) < 4.78 is 12.8. The number of hydrogen-bond donors (Lipinski definition) is 2. The van der Waals surface area contributed by atoms with Gasteiger partial charge in [-0.05, 0) is 43.5 Å². The van der Waals surface area contributed by atoms with Crippen LogP contribution in [0.5, 0.6) is 0 Å². The summed E-state index contributed by atoms with van der Waals surface area (Å²) in [6.07, 6.45) is 2.31. The molecular formula is C16H19FN2O4. The molecule has 7 heteroatoms. The van der Waals surface area contributed by atoms with Gasteiger partial charge in [0.05, 0.1) is 0 Å². The molecule has 2 rings (SSSR count). The van der Waals surface area contributed by atoms with Crippen LogP contribution in [0.25, 0.3) is 0 Å².